The summed E-state index contributed by atoms with van der Waals surface area (Å²) in [6.45, 7) is 0. The Kier molecular flexibility index (Phi) is 4.84. The van der Waals surface area contributed by atoms with E-state index in [2.05, 4.69) is 0 Å². The Morgan fingerprint density at radius 1 is 0.880 bits per heavy atom. The molecule has 0 spiro atoms. The first-order valence-corrected chi connectivity index (χ1v) is 7.70. The van der Waals surface area contributed by atoms with Crippen LogP contribution in [0.5, 0.6) is 17.2 Å². The average molecular weight is 341 g/mol. The standard InChI is InChI=1S/C20H17F2NO2/c1-24-18-11-4-14(12-13-2-7-16(23)8-3-13)19(22)20(18)25-17-9-5-15(21)6-10-17/h2-11H,12,23H2,1H3. The van der Waals surface area contributed by atoms with E-state index in [0.717, 1.165) is 5.56 Å². The normalized spacial score (nSPS) is 10.5. The van der Waals surface area contributed by atoms with E-state index < -0.39 is 11.6 Å². The lowest BCUT2D eigenvalue weighted by Gasteiger charge is -2.14. The van der Waals surface area contributed by atoms with Crippen LogP contribution in [0.2, 0.25) is 0 Å². The molecule has 0 saturated heterocycles. The monoisotopic (exact) mass is 341 g/mol. The van der Waals surface area contributed by atoms with Gasteiger partial charge in [0.05, 0.1) is 7.11 Å². The lowest BCUT2D eigenvalue weighted by Crippen LogP contribution is -1.99. The Hall–Kier alpha value is -3.08. The molecule has 25 heavy (non-hydrogen) atoms. The molecule has 128 valence electrons. The number of nitrogens with two attached hydrogens (primary N) is 1. The lowest BCUT2D eigenvalue weighted by molar-refractivity contribution is 0.362. The molecule has 3 aromatic carbocycles. The first-order valence-electron chi connectivity index (χ1n) is 7.70. The first kappa shape index (κ1) is 16.8. The van der Waals surface area contributed by atoms with Gasteiger partial charge in [-0.25, -0.2) is 8.78 Å². The highest BCUT2D eigenvalue weighted by Gasteiger charge is 2.17. The molecule has 3 aromatic rings. The molecule has 0 amide bonds. The molecule has 0 atom stereocenters. The van der Waals surface area contributed by atoms with Gasteiger partial charge in [0.2, 0.25) is 5.75 Å². The molecule has 3 rings (SSSR count). The molecular weight excluding hydrogens is 324 g/mol. The van der Waals surface area contributed by atoms with Gasteiger partial charge in [-0.3, -0.25) is 0 Å². The minimum absolute atomic E-state index is 0.0259. The van der Waals surface area contributed by atoms with Gasteiger partial charge in [0, 0.05) is 12.1 Å². The number of methoxy groups -OCH3 is 1. The molecule has 0 aliphatic carbocycles. The zero-order valence-corrected chi connectivity index (χ0v) is 13.6. The van der Waals surface area contributed by atoms with Crippen LogP contribution in [0, 0.1) is 11.6 Å². The molecule has 0 saturated carbocycles. The summed E-state index contributed by atoms with van der Waals surface area (Å²) >= 11 is 0. The van der Waals surface area contributed by atoms with E-state index in [1.54, 1.807) is 24.3 Å². The van der Waals surface area contributed by atoms with E-state index in [1.807, 2.05) is 12.1 Å². The maximum atomic E-state index is 14.9. The lowest BCUT2D eigenvalue weighted by atomic mass is 10.0. The minimum atomic E-state index is -0.513. The van der Waals surface area contributed by atoms with Gasteiger partial charge in [0.1, 0.15) is 11.6 Å². The van der Waals surface area contributed by atoms with Crippen molar-refractivity contribution in [2.24, 2.45) is 0 Å². The number of ether oxygens (including phenoxy) is 2. The topological polar surface area (TPSA) is 44.5 Å². The summed E-state index contributed by atoms with van der Waals surface area (Å²) in [5.41, 5.74) is 7.71. The smallest absolute Gasteiger partial charge is 0.205 e. The van der Waals surface area contributed by atoms with Crippen LogP contribution in [0.15, 0.2) is 60.7 Å². The molecule has 5 heteroatoms. The van der Waals surface area contributed by atoms with Crippen molar-refractivity contribution < 1.29 is 18.3 Å². The Labute approximate surface area is 144 Å². The maximum absolute atomic E-state index is 14.9. The number of benzene rings is 3. The first-order chi connectivity index (χ1) is 12.1. The van der Waals surface area contributed by atoms with Crippen molar-refractivity contribution >= 4 is 5.69 Å². The summed E-state index contributed by atoms with van der Waals surface area (Å²) < 4.78 is 38.8. The van der Waals surface area contributed by atoms with Crippen molar-refractivity contribution in [3.8, 4) is 17.2 Å². The van der Waals surface area contributed by atoms with Crippen LogP contribution in [-0.4, -0.2) is 7.11 Å². The van der Waals surface area contributed by atoms with Gasteiger partial charge in [-0.2, -0.15) is 0 Å². The summed E-state index contributed by atoms with van der Waals surface area (Å²) in [4.78, 5) is 0. The van der Waals surface area contributed by atoms with Gasteiger partial charge in [-0.1, -0.05) is 18.2 Å². The van der Waals surface area contributed by atoms with Crippen LogP contribution in [0.25, 0.3) is 0 Å². The Bertz CT molecular complexity index is 862. The average Bonchev–Trinajstić information content (AvgIpc) is 2.62. The van der Waals surface area contributed by atoms with Crippen LogP contribution in [-0.2, 0) is 6.42 Å². The minimum Gasteiger partial charge on any atom is -0.493 e. The van der Waals surface area contributed by atoms with Crippen molar-refractivity contribution in [1.82, 2.24) is 0 Å². The van der Waals surface area contributed by atoms with E-state index in [-0.39, 0.29) is 11.5 Å². The molecule has 0 aliphatic heterocycles. The number of anilines is 1. The number of hydrogen-bond donors (Lipinski definition) is 1. The van der Waals surface area contributed by atoms with Gasteiger partial charge in [0.15, 0.2) is 11.6 Å². The molecule has 3 nitrogen and oxygen atoms in total. The second-order valence-corrected chi connectivity index (χ2v) is 5.54. The van der Waals surface area contributed by atoms with Gasteiger partial charge in [0.25, 0.3) is 0 Å². The van der Waals surface area contributed by atoms with Gasteiger partial charge in [-0.05, 0) is 53.6 Å². The third kappa shape index (κ3) is 3.88. The molecule has 0 bridgehead atoms. The SMILES string of the molecule is COc1ccc(Cc2ccc(N)cc2)c(F)c1Oc1ccc(F)cc1. The molecule has 0 aromatic heterocycles. The van der Waals surface area contributed by atoms with Gasteiger partial charge < -0.3 is 15.2 Å². The van der Waals surface area contributed by atoms with E-state index >= 15 is 0 Å². The predicted octanol–water partition coefficient (Wildman–Crippen LogP) is 4.94. The molecule has 0 fully saturated rings. The highest BCUT2D eigenvalue weighted by Crippen LogP contribution is 2.36. The highest BCUT2D eigenvalue weighted by molar-refractivity contribution is 5.48. The molecule has 0 radical (unpaired) electrons. The summed E-state index contributed by atoms with van der Waals surface area (Å²) in [5, 5.41) is 0. The Morgan fingerprint density at radius 3 is 2.20 bits per heavy atom. The van der Waals surface area contributed by atoms with E-state index in [0.29, 0.717) is 23.4 Å². The quantitative estimate of drug-likeness (QED) is 0.669. The van der Waals surface area contributed by atoms with Crippen molar-refractivity contribution in [3.63, 3.8) is 0 Å². The fourth-order valence-corrected chi connectivity index (χ4v) is 2.45. The second kappa shape index (κ2) is 7.21. The van der Waals surface area contributed by atoms with Crippen LogP contribution in [0.3, 0.4) is 0 Å². The second-order valence-electron chi connectivity index (χ2n) is 5.54. The van der Waals surface area contributed by atoms with Crippen molar-refractivity contribution in [2.45, 2.75) is 6.42 Å². The Balaban J connectivity index is 1.93. The molecule has 0 unspecified atom stereocenters. The highest BCUT2D eigenvalue weighted by atomic mass is 19.1. The fourth-order valence-electron chi connectivity index (χ4n) is 2.45. The molecule has 0 aliphatic rings. The summed E-state index contributed by atoms with van der Waals surface area (Å²) in [5.74, 6) is -0.342. The van der Waals surface area contributed by atoms with Gasteiger partial charge in [-0.15, -0.1) is 0 Å². The van der Waals surface area contributed by atoms with Crippen LogP contribution in [0.1, 0.15) is 11.1 Å². The van der Waals surface area contributed by atoms with Crippen LogP contribution >= 0.6 is 0 Å². The number of hydrogen-bond acceptors (Lipinski definition) is 3. The largest absolute Gasteiger partial charge is 0.493 e. The van der Waals surface area contributed by atoms with Crippen LogP contribution in [0.4, 0.5) is 14.5 Å². The van der Waals surface area contributed by atoms with Crippen molar-refractivity contribution in [1.29, 1.82) is 0 Å². The number of nitrogen functional groups attached to an aromatic ring is 1. The van der Waals surface area contributed by atoms with E-state index in [9.17, 15) is 8.78 Å². The third-order valence-electron chi connectivity index (χ3n) is 3.77. The maximum Gasteiger partial charge on any atom is 0.205 e. The number of rotatable bonds is 5. The third-order valence-corrected chi connectivity index (χ3v) is 3.77. The summed E-state index contributed by atoms with van der Waals surface area (Å²) in [6.07, 6.45) is 0.385. The Morgan fingerprint density at radius 2 is 1.56 bits per heavy atom. The predicted molar refractivity (Wildman–Crippen MR) is 93.1 cm³/mol. The zero-order chi connectivity index (χ0) is 17.8. The fraction of sp³-hybridized carbons (Fsp3) is 0.100. The van der Waals surface area contributed by atoms with Gasteiger partial charge >= 0.3 is 0 Å². The van der Waals surface area contributed by atoms with E-state index in [4.69, 9.17) is 15.2 Å². The van der Waals surface area contributed by atoms with Crippen LogP contribution < -0.4 is 15.2 Å². The molecule has 0 heterocycles. The number of halogens is 2. The van der Waals surface area contributed by atoms with Crippen molar-refractivity contribution in [2.75, 3.05) is 12.8 Å². The summed E-state index contributed by atoms with van der Waals surface area (Å²) in [6, 6.07) is 15.9. The molecule has 2 N–H and O–H groups in total. The summed E-state index contributed by atoms with van der Waals surface area (Å²) in [7, 11) is 1.44. The molecular formula is C20H17F2NO2. The zero-order valence-electron chi connectivity index (χ0n) is 13.6. The van der Waals surface area contributed by atoms with Crippen molar-refractivity contribution in [3.05, 3.63) is 83.4 Å². The van der Waals surface area contributed by atoms with E-state index in [1.165, 1.54) is 31.4 Å².